The summed E-state index contributed by atoms with van der Waals surface area (Å²) < 4.78 is 22.6. The van der Waals surface area contributed by atoms with Crippen molar-refractivity contribution in [2.75, 3.05) is 5.75 Å². The fraction of sp³-hybridized carbons (Fsp3) is 0.118. The molecule has 0 spiro atoms. The van der Waals surface area contributed by atoms with Crippen LogP contribution in [-0.2, 0) is 21.4 Å². The van der Waals surface area contributed by atoms with Crippen molar-refractivity contribution < 1.29 is 13.2 Å². The van der Waals surface area contributed by atoms with E-state index in [1.165, 1.54) is 17.8 Å². The van der Waals surface area contributed by atoms with Gasteiger partial charge < -0.3 is 5.32 Å². The van der Waals surface area contributed by atoms with Crippen LogP contribution in [0.1, 0.15) is 4.88 Å². The molecule has 0 saturated heterocycles. The monoisotopic (exact) mass is 426 g/mol. The van der Waals surface area contributed by atoms with E-state index < -0.39 is 10.0 Å². The van der Waals surface area contributed by atoms with Crippen molar-refractivity contribution in [2.24, 2.45) is 5.14 Å². The zero-order valence-electron chi connectivity index (χ0n) is 13.4. The van der Waals surface area contributed by atoms with E-state index in [4.69, 9.17) is 16.7 Å². The number of halogens is 1. The molecule has 0 aliphatic rings. The number of nitrogens with two attached hydrogens (primary N) is 1. The minimum Gasteiger partial charge on any atom is -0.350 e. The molecule has 1 amide bonds. The number of fused-ring (bicyclic) bond motifs is 1. The highest BCUT2D eigenvalue weighted by atomic mass is 35.5. The van der Waals surface area contributed by atoms with E-state index in [0.29, 0.717) is 5.02 Å². The van der Waals surface area contributed by atoms with Crippen LogP contribution in [0, 0.1) is 0 Å². The third kappa shape index (κ3) is 4.57. The van der Waals surface area contributed by atoms with E-state index in [2.05, 4.69) is 5.32 Å². The van der Waals surface area contributed by atoms with E-state index in [-0.39, 0.29) is 22.4 Å². The van der Waals surface area contributed by atoms with Gasteiger partial charge in [-0.2, -0.15) is 0 Å². The van der Waals surface area contributed by atoms with Gasteiger partial charge in [0.25, 0.3) is 0 Å². The normalized spacial score (nSPS) is 11.6. The van der Waals surface area contributed by atoms with Crippen molar-refractivity contribution in [1.82, 2.24) is 5.32 Å². The number of primary sulfonamides is 1. The summed E-state index contributed by atoms with van der Waals surface area (Å²) in [5, 5.41) is 10.5. The number of benzene rings is 2. The van der Waals surface area contributed by atoms with E-state index in [1.54, 1.807) is 6.07 Å². The number of amides is 1. The maximum Gasteiger partial charge on any atom is 0.247 e. The molecule has 0 atom stereocenters. The standard InChI is InChI=1S/C17H15ClN2O3S3/c18-13-5-1-3-11-4-2-6-14(17(11)13)24-10-15(21)20-9-12-7-8-16(25-12)26(19,22)23/h1-8H,9-10H2,(H,20,21)(H2,19,22,23). The molecule has 0 aliphatic carbocycles. The Balaban J connectivity index is 1.61. The quantitative estimate of drug-likeness (QED) is 0.589. The number of carbonyl (C=O) groups excluding carboxylic acids is 1. The molecule has 1 heterocycles. The number of sulfonamides is 1. The Labute approximate surface area is 164 Å². The summed E-state index contributed by atoms with van der Waals surface area (Å²) in [6, 6.07) is 14.6. The van der Waals surface area contributed by atoms with Crippen LogP contribution in [0.15, 0.2) is 57.6 Å². The Bertz CT molecular complexity index is 1060. The van der Waals surface area contributed by atoms with Crippen LogP contribution in [0.3, 0.4) is 0 Å². The van der Waals surface area contributed by atoms with Crippen molar-refractivity contribution >= 4 is 61.4 Å². The first kappa shape index (κ1) is 19.2. The highest BCUT2D eigenvalue weighted by molar-refractivity contribution is 8.00. The molecule has 0 radical (unpaired) electrons. The number of rotatable bonds is 6. The largest absolute Gasteiger partial charge is 0.350 e. The predicted octanol–water partition coefficient (Wildman–Crippen LogP) is 3.61. The SMILES string of the molecule is NS(=O)(=O)c1ccc(CNC(=O)CSc2cccc3cccc(Cl)c23)s1. The number of carbonyl (C=O) groups is 1. The zero-order valence-corrected chi connectivity index (χ0v) is 16.6. The third-order valence-electron chi connectivity index (χ3n) is 3.55. The number of nitrogens with one attached hydrogen (secondary N) is 1. The minimum atomic E-state index is -3.70. The summed E-state index contributed by atoms with van der Waals surface area (Å²) in [4.78, 5) is 13.8. The van der Waals surface area contributed by atoms with Crippen LogP contribution in [0.2, 0.25) is 5.02 Å². The van der Waals surface area contributed by atoms with Gasteiger partial charge in [-0.15, -0.1) is 23.1 Å². The Morgan fingerprint density at radius 1 is 1.15 bits per heavy atom. The summed E-state index contributed by atoms with van der Waals surface area (Å²) >= 11 is 8.74. The van der Waals surface area contributed by atoms with Crippen molar-refractivity contribution in [3.05, 3.63) is 58.4 Å². The maximum atomic E-state index is 12.1. The van der Waals surface area contributed by atoms with E-state index in [1.807, 2.05) is 36.4 Å². The highest BCUT2D eigenvalue weighted by Gasteiger charge is 2.12. The number of thioether (sulfide) groups is 1. The Hall–Kier alpha value is -1.58. The van der Waals surface area contributed by atoms with Gasteiger partial charge in [-0.05, 0) is 29.7 Å². The lowest BCUT2D eigenvalue weighted by molar-refractivity contribution is -0.118. The number of hydrogen-bond acceptors (Lipinski definition) is 5. The first-order chi connectivity index (χ1) is 12.3. The second-order valence-corrected chi connectivity index (χ2v) is 9.81. The van der Waals surface area contributed by atoms with Crippen LogP contribution in [0.4, 0.5) is 0 Å². The van der Waals surface area contributed by atoms with Gasteiger partial charge in [-0.3, -0.25) is 4.79 Å². The molecule has 0 unspecified atom stereocenters. The molecule has 3 N–H and O–H groups in total. The van der Waals surface area contributed by atoms with Gasteiger partial charge in [-0.25, -0.2) is 13.6 Å². The third-order valence-corrected chi connectivity index (χ3v) is 7.45. The molecular weight excluding hydrogens is 412 g/mol. The molecule has 3 aromatic rings. The summed E-state index contributed by atoms with van der Waals surface area (Å²) in [6.07, 6.45) is 0. The molecule has 0 bridgehead atoms. The van der Waals surface area contributed by atoms with Crippen molar-refractivity contribution in [2.45, 2.75) is 15.6 Å². The van der Waals surface area contributed by atoms with Crippen LogP contribution in [-0.4, -0.2) is 20.1 Å². The number of thiophene rings is 1. The predicted molar refractivity (Wildman–Crippen MR) is 107 cm³/mol. The minimum absolute atomic E-state index is 0.0847. The second-order valence-electron chi connectivity index (χ2n) is 5.43. The van der Waals surface area contributed by atoms with Gasteiger partial charge in [0.05, 0.1) is 12.3 Å². The second kappa shape index (κ2) is 7.98. The molecule has 0 saturated carbocycles. The van der Waals surface area contributed by atoms with Gasteiger partial charge in [-0.1, -0.05) is 35.9 Å². The van der Waals surface area contributed by atoms with Gasteiger partial charge in [0, 0.05) is 20.2 Å². The van der Waals surface area contributed by atoms with Crippen LogP contribution in [0.25, 0.3) is 10.8 Å². The molecule has 5 nitrogen and oxygen atoms in total. The van der Waals surface area contributed by atoms with Crippen LogP contribution in [0.5, 0.6) is 0 Å². The van der Waals surface area contributed by atoms with Crippen molar-refractivity contribution in [3.63, 3.8) is 0 Å². The molecule has 136 valence electrons. The lowest BCUT2D eigenvalue weighted by atomic mass is 10.1. The van der Waals surface area contributed by atoms with Gasteiger partial charge >= 0.3 is 0 Å². The number of hydrogen-bond donors (Lipinski definition) is 2. The van der Waals surface area contributed by atoms with E-state index in [0.717, 1.165) is 31.9 Å². The molecule has 0 aliphatic heterocycles. The molecule has 3 rings (SSSR count). The smallest absolute Gasteiger partial charge is 0.247 e. The Morgan fingerprint density at radius 2 is 1.88 bits per heavy atom. The van der Waals surface area contributed by atoms with E-state index in [9.17, 15) is 13.2 Å². The van der Waals surface area contributed by atoms with Gasteiger partial charge in [0.1, 0.15) is 4.21 Å². The topological polar surface area (TPSA) is 89.3 Å². The van der Waals surface area contributed by atoms with Crippen LogP contribution >= 0.6 is 34.7 Å². The van der Waals surface area contributed by atoms with Crippen molar-refractivity contribution in [1.29, 1.82) is 0 Å². The fourth-order valence-corrected chi connectivity index (χ4v) is 5.36. The molecule has 2 aromatic carbocycles. The summed E-state index contributed by atoms with van der Waals surface area (Å²) in [7, 11) is -3.70. The highest BCUT2D eigenvalue weighted by Crippen LogP contribution is 2.33. The Morgan fingerprint density at radius 3 is 2.58 bits per heavy atom. The van der Waals surface area contributed by atoms with Gasteiger partial charge in [0.2, 0.25) is 15.9 Å². The van der Waals surface area contributed by atoms with Crippen LogP contribution < -0.4 is 10.5 Å². The summed E-state index contributed by atoms with van der Waals surface area (Å²) in [6.45, 7) is 0.260. The van der Waals surface area contributed by atoms with Crippen molar-refractivity contribution in [3.8, 4) is 0 Å². The average Bonchev–Trinajstić information content (AvgIpc) is 3.07. The fourth-order valence-electron chi connectivity index (χ4n) is 2.37. The molecule has 0 fully saturated rings. The maximum absolute atomic E-state index is 12.1. The Kier molecular flexibility index (Phi) is 5.89. The molecule has 1 aromatic heterocycles. The van der Waals surface area contributed by atoms with E-state index >= 15 is 0 Å². The molecule has 9 heteroatoms. The first-order valence-corrected chi connectivity index (χ1v) is 11.3. The molecular formula is C17H15ClN2O3S3. The zero-order chi connectivity index (χ0) is 18.7. The lowest BCUT2D eigenvalue weighted by Gasteiger charge is -2.08. The summed E-state index contributed by atoms with van der Waals surface area (Å²) in [5.74, 6) is 0.0854. The lowest BCUT2D eigenvalue weighted by Crippen LogP contribution is -2.24. The molecule has 26 heavy (non-hydrogen) atoms. The first-order valence-electron chi connectivity index (χ1n) is 7.53. The average molecular weight is 427 g/mol. The van der Waals surface area contributed by atoms with Gasteiger partial charge in [0.15, 0.2) is 0 Å². The summed E-state index contributed by atoms with van der Waals surface area (Å²) in [5.41, 5.74) is 0.